The number of hydrogen-bond acceptors (Lipinski definition) is 1. The Balaban J connectivity index is 3.05. The maximum Gasteiger partial charge on any atom is 0.129 e. The van der Waals surface area contributed by atoms with E-state index in [2.05, 4.69) is 0 Å². The molecule has 0 fully saturated rings. The summed E-state index contributed by atoms with van der Waals surface area (Å²) >= 11 is 0. The van der Waals surface area contributed by atoms with Gasteiger partial charge in [-0.15, -0.1) is 0 Å². The van der Waals surface area contributed by atoms with Crippen molar-refractivity contribution in [1.29, 1.82) is 0 Å². The molecule has 13 heavy (non-hydrogen) atoms. The lowest BCUT2D eigenvalue weighted by atomic mass is 10.1. The molecule has 1 aromatic rings. The monoisotopic (exact) mass is 185 g/mol. The summed E-state index contributed by atoms with van der Waals surface area (Å²) in [4.78, 5) is 0. The van der Waals surface area contributed by atoms with Crippen LogP contribution >= 0.6 is 0 Å². The molecule has 0 saturated heterocycles. The first-order valence-corrected chi connectivity index (χ1v) is 4.36. The molecule has 0 atom stereocenters. The van der Waals surface area contributed by atoms with Gasteiger partial charge in [-0.05, 0) is 37.1 Å². The van der Waals surface area contributed by atoms with Crippen LogP contribution in [0.25, 0.3) is 0 Å². The minimum atomic E-state index is -0.467. The predicted molar refractivity (Wildman–Crippen MR) is 48.5 cm³/mol. The molecule has 0 aliphatic carbocycles. The van der Waals surface area contributed by atoms with Crippen LogP contribution in [-0.4, -0.2) is 6.54 Å². The molecule has 0 heterocycles. The van der Waals surface area contributed by atoms with Gasteiger partial charge in [-0.2, -0.15) is 0 Å². The fourth-order valence-electron chi connectivity index (χ4n) is 1.30. The Morgan fingerprint density at radius 1 is 1.23 bits per heavy atom. The van der Waals surface area contributed by atoms with E-state index < -0.39 is 11.6 Å². The first-order valence-electron chi connectivity index (χ1n) is 4.36. The van der Waals surface area contributed by atoms with Gasteiger partial charge < -0.3 is 5.73 Å². The minimum absolute atomic E-state index is 0.153. The highest BCUT2D eigenvalue weighted by Gasteiger charge is 2.08. The topological polar surface area (TPSA) is 26.0 Å². The molecule has 1 aromatic carbocycles. The Morgan fingerprint density at radius 3 is 2.15 bits per heavy atom. The van der Waals surface area contributed by atoms with E-state index in [1.54, 1.807) is 6.92 Å². The number of halogens is 2. The summed E-state index contributed by atoms with van der Waals surface area (Å²) in [7, 11) is 0. The van der Waals surface area contributed by atoms with Crippen molar-refractivity contribution in [2.75, 3.05) is 6.54 Å². The van der Waals surface area contributed by atoms with Crippen LogP contribution in [-0.2, 0) is 12.8 Å². The summed E-state index contributed by atoms with van der Waals surface area (Å²) in [5.74, 6) is -0.933. The van der Waals surface area contributed by atoms with Gasteiger partial charge in [0.1, 0.15) is 11.6 Å². The van der Waals surface area contributed by atoms with Crippen molar-refractivity contribution < 1.29 is 8.78 Å². The molecule has 0 spiro atoms. The second-order valence-corrected chi connectivity index (χ2v) is 2.93. The number of nitrogens with two attached hydrogens (primary N) is 1. The first kappa shape index (κ1) is 10.1. The lowest BCUT2D eigenvalue weighted by Crippen LogP contribution is -2.04. The van der Waals surface area contributed by atoms with Crippen molar-refractivity contribution >= 4 is 0 Å². The molecule has 0 aromatic heterocycles. The molecule has 3 heteroatoms. The maximum atomic E-state index is 13.2. The molecule has 0 aliphatic rings. The van der Waals surface area contributed by atoms with Crippen LogP contribution in [0.2, 0.25) is 0 Å². The zero-order valence-electron chi connectivity index (χ0n) is 7.61. The maximum absolute atomic E-state index is 13.2. The van der Waals surface area contributed by atoms with E-state index in [-0.39, 0.29) is 5.56 Å². The Morgan fingerprint density at radius 2 is 1.77 bits per heavy atom. The standard InChI is InChI=1S/C10H13F2N/c1-2-8-9(11)5-7(3-4-13)6-10(8)12/h5-6H,2-4,13H2,1H3. The third-order valence-corrected chi connectivity index (χ3v) is 1.99. The van der Waals surface area contributed by atoms with E-state index in [9.17, 15) is 8.78 Å². The van der Waals surface area contributed by atoms with Crippen molar-refractivity contribution in [2.45, 2.75) is 19.8 Å². The van der Waals surface area contributed by atoms with Gasteiger partial charge in [0.25, 0.3) is 0 Å². The average Bonchev–Trinajstić information content (AvgIpc) is 2.04. The second-order valence-electron chi connectivity index (χ2n) is 2.93. The van der Waals surface area contributed by atoms with Gasteiger partial charge in [-0.25, -0.2) is 8.78 Å². The van der Waals surface area contributed by atoms with Crippen molar-refractivity contribution in [1.82, 2.24) is 0 Å². The lowest BCUT2D eigenvalue weighted by Gasteiger charge is -2.05. The van der Waals surface area contributed by atoms with Gasteiger partial charge in [-0.3, -0.25) is 0 Å². The summed E-state index contributed by atoms with van der Waals surface area (Å²) in [6.45, 7) is 2.13. The SMILES string of the molecule is CCc1c(F)cc(CCN)cc1F. The molecule has 0 aliphatic heterocycles. The smallest absolute Gasteiger partial charge is 0.129 e. The van der Waals surface area contributed by atoms with Gasteiger partial charge in [-0.1, -0.05) is 6.92 Å². The van der Waals surface area contributed by atoms with Crippen molar-refractivity contribution in [2.24, 2.45) is 5.73 Å². The van der Waals surface area contributed by atoms with Gasteiger partial charge in [0.2, 0.25) is 0 Å². The number of benzene rings is 1. The Bertz CT molecular complexity index is 274. The molecule has 0 bridgehead atoms. The van der Waals surface area contributed by atoms with Crippen LogP contribution in [0.1, 0.15) is 18.1 Å². The Labute approximate surface area is 76.6 Å². The van der Waals surface area contributed by atoms with Crippen LogP contribution in [0, 0.1) is 11.6 Å². The zero-order chi connectivity index (χ0) is 9.84. The summed E-state index contributed by atoms with van der Waals surface area (Å²) in [5.41, 5.74) is 6.06. The third kappa shape index (κ3) is 2.25. The van der Waals surface area contributed by atoms with Crippen LogP contribution in [0.15, 0.2) is 12.1 Å². The fraction of sp³-hybridized carbons (Fsp3) is 0.400. The Hall–Kier alpha value is -0.960. The summed E-state index contributed by atoms with van der Waals surface area (Å²) in [6.07, 6.45) is 0.887. The van der Waals surface area contributed by atoms with E-state index in [1.807, 2.05) is 0 Å². The molecule has 0 unspecified atom stereocenters. The highest BCUT2D eigenvalue weighted by atomic mass is 19.1. The third-order valence-electron chi connectivity index (χ3n) is 1.99. The summed E-state index contributed by atoms with van der Waals surface area (Å²) < 4.78 is 26.3. The highest BCUT2D eigenvalue weighted by Crippen LogP contribution is 2.16. The minimum Gasteiger partial charge on any atom is -0.330 e. The second kappa shape index (κ2) is 4.33. The van der Waals surface area contributed by atoms with Crippen LogP contribution < -0.4 is 5.73 Å². The molecule has 0 saturated carbocycles. The largest absolute Gasteiger partial charge is 0.330 e. The zero-order valence-corrected chi connectivity index (χ0v) is 7.61. The Kier molecular flexibility index (Phi) is 3.37. The number of hydrogen-bond donors (Lipinski definition) is 1. The van der Waals surface area contributed by atoms with Crippen LogP contribution in [0.5, 0.6) is 0 Å². The lowest BCUT2D eigenvalue weighted by molar-refractivity contribution is 0.555. The highest BCUT2D eigenvalue weighted by molar-refractivity contribution is 5.26. The van der Waals surface area contributed by atoms with E-state index in [0.717, 1.165) is 0 Å². The molecule has 1 nitrogen and oxygen atoms in total. The quantitative estimate of drug-likeness (QED) is 0.766. The molecule has 0 radical (unpaired) electrons. The molecule has 2 N–H and O–H groups in total. The normalized spacial score (nSPS) is 10.5. The van der Waals surface area contributed by atoms with Crippen LogP contribution in [0.3, 0.4) is 0 Å². The van der Waals surface area contributed by atoms with E-state index >= 15 is 0 Å². The van der Waals surface area contributed by atoms with Crippen molar-refractivity contribution in [3.05, 3.63) is 34.9 Å². The van der Waals surface area contributed by atoms with Crippen molar-refractivity contribution in [3.8, 4) is 0 Å². The molecular weight excluding hydrogens is 172 g/mol. The first-order chi connectivity index (χ1) is 6.19. The fourth-order valence-corrected chi connectivity index (χ4v) is 1.30. The van der Waals surface area contributed by atoms with E-state index in [1.165, 1.54) is 12.1 Å². The average molecular weight is 185 g/mol. The van der Waals surface area contributed by atoms with Gasteiger partial charge in [0, 0.05) is 5.56 Å². The predicted octanol–water partition coefficient (Wildman–Crippen LogP) is 2.03. The number of rotatable bonds is 3. The molecular formula is C10H13F2N. The van der Waals surface area contributed by atoms with Crippen molar-refractivity contribution in [3.63, 3.8) is 0 Å². The van der Waals surface area contributed by atoms with Gasteiger partial charge >= 0.3 is 0 Å². The van der Waals surface area contributed by atoms with Gasteiger partial charge in [0.15, 0.2) is 0 Å². The molecule has 72 valence electrons. The van der Waals surface area contributed by atoms with E-state index in [4.69, 9.17) is 5.73 Å². The summed E-state index contributed by atoms with van der Waals surface area (Å²) in [6, 6.07) is 2.71. The summed E-state index contributed by atoms with van der Waals surface area (Å²) in [5, 5.41) is 0. The molecule has 1 rings (SSSR count). The van der Waals surface area contributed by atoms with Gasteiger partial charge in [0.05, 0.1) is 0 Å². The van der Waals surface area contributed by atoms with Crippen LogP contribution in [0.4, 0.5) is 8.78 Å². The van der Waals surface area contributed by atoms with E-state index in [0.29, 0.717) is 24.9 Å². The molecule has 0 amide bonds.